The SMILES string of the molecule is C/C=C(\C=C1\CCCC(Br)=C(c2ccc(C(O)C3CN(CCCF)C3)cc2)C1)C(=O)OC. The number of allylic oxidation sites excluding steroid dienone is 4. The molecule has 0 amide bonds. The molecule has 1 heterocycles. The van der Waals surface area contributed by atoms with Gasteiger partial charge in [-0.2, -0.15) is 0 Å². The highest BCUT2D eigenvalue weighted by atomic mass is 79.9. The first-order chi connectivity index (χ1) is 15.5. The molecule has 1 fully saturated rings. The molecule has 6 heteroatoms. The first kappa shape index (κ1) is 24.9. The lowest BCUT2D eigenvalue weighted by atomic mass is 9.88. The van der Waals surface area contributed by atoms with Gasteiger partial charge in [0, 0.05) is 25.6 Å². The summed E-state index contributed by atoms with van der Waals surface area (Å²) >= 11 is 3.78. The molecule has 1 atom stereocenters. The Hall–Kier alpha value is -1.76. The fourth-order valence-corrected chi connectivity index (χ4v) is 5.09. The number of aliphatic hydroxyl groups excluding tert-OH is 1. The normalized spacial score (nSPS) is 20.8. The predicted molar refractivity (Wildman–Crippen MR) is 130 cm³/mol. The molecular formula is C26H33BrFNO3. The molecular weight excluding hydrogens is 473 g/mol. The molecule has 0 radical (unpaired) electrons. The lowest BCUT2D eigenvalue weighted by Gasteiger charge is -2.41. The van der Waals surface area contributed by atoms with Crippen LogP contribution in [0.2, 0.25) is 0 Å². The van der Waals surface area contributed by atoms with Crippen molar-refractivity contribution < 1.29 is 19.0 Å². The van der Waals surface area contributed by atoms with Gasteiger partial charge in [0.25, 0.3) is 0 Å². The average Bonchev–Trinajstić information content (AvgIpc) is 2.96. The lowest BCUT2D eigenvalue weighted by molar-refractivity contribution is -0.135. The number of methoxy groups -OCH3 is 1. The van der Waals surface area contributed by atoms with Crippen molar-refractivity contribution >= 4 is 27.5 Å². The largest absolute Gasteiger partial charge is 0.465 e. The Bertz CT molecular complexity index is 885. The van der Waals surface area contributed by atoms with Gasteiger partial charge in [0.1, 0.15) is 0 Å². The number of alkyl halides is 1. The van der Waals surface area contributed by atoms with Crippen LogP contribution >= 0.6 is 15.9 Å². The quantitative estimate of drug-likeness (QED) is 0.361. The number of hydrogen-bond acceptors (Lipinski definition) is 4. The van der Waals surface area contributed by atoms with Crippen molar-refractivity contribution in [3.05, 3.63) is 63.2 Å². The molecule has 1 aromatic carbocycles. The molecule has 32 heavy (non-hydrogen) atoms. The number of carbonyl (C=O) groups is 1. The summed E-state index contributed by atoms with van der Waals surface area (Å²) in [5, 5.41) is 10.7. The molecule has 1 aliphatic heterocycles. The van der Waals surface area contributed by atoms with E-state index < -0.39 is 6.10 Å². The summed E-state index contributed by atoms with van der Waals surface area (Å²) in [6, 6.07) is 8.18. The van der Waals surface area contributed by atoms with E-state index in [9.17, 15) is 14.3 Å². The third kappa shape index (κ3) is 6.18. The standard InChI is InChI=1S/C26H33BrFNO3/c1-3-19(26(31)32-2)14-18-6-4-7-24(27)23(15-18)20-8-10-21(11-9-20)25(30)22-16-29(17-22)13-5-12-28/h3,8-11,14,22,25,30H,4-7,12-13,15-17H2,1-2H3/b18-14-,19-3+. The maximum absolute atomic E-state index is 12.3. The molecule has 4 nitrogen and oxygen atoms in total. The smallest absolute Gasteiger partial charge is 0.337 e. The minimum absolute atomic E-state index is 0.205. The van der Waals surface area contributed by atoms with Crippen molar-refractivity contribution in [2.24, 2.45) is 5.92 Å². The number of esters is 1. The summed E-state index contributed by atoms with van der Waals surface area (Å²) in [6.07, 6.45) is 7.49. The number of aliphatic hydroxyl groups is 1. The van der Waals surface area contributed by atoms with E-state index in [2.05, 4.69) is 33.0 Å². The van der Waals surface area contributed by atoms with E-state index in [1.54, 1.807) is 6.08 Å². The number of likely N-dealkylation sites (tertiary alicyclic amines) is 1. The van der Waals surface area contributed by atoms with Crippen molar-refractivity contribution in [2.75, 3.05) is 33.4 Å². The van der Waals surface area contributed by atoms with Gasteiger partial charge in [0.2, 0.25) is 0 Å². The minimum Gasteiger partial charge on any atom is -0.465 e. The third-order valence-electron chi connectivity index (χ3n) is 6.36. The van der Waals surface area contributed by atoms with E-state index in [-0.39, 0.29) is 18.6 Å². The highest BCUT2D eigenvalue weighted by Crippen LogP contribution is 2.38. The molecule has 1 N–H and O–H groups in total. The Kier molecular flexibility index (Phi) is 9.26. The number of ether oxygens (including phenoxy) is 1. The molecule has 0 bridgehead atoms. The molecule has 1 saturated heterocycles. The summed E-state index contributed by atoms with van der Waals surface area (Å²) in [5.41, 5.74) is 5.06. The van der Waals surface area contributed by atoms with Crippen molar-refractivity contribution in [1.29, 1.82) is 0 Å². The van der Waals surface area contributed by atoms with Crippen LogP contribution in [0.5, 0.6) is 0 Å². The predicted octanol–water partition coefficient (Wildman–Crippen LogP) is 5.74. The second-order valence-electron chi connectivity index (χ2n) is 8.58. The lowest BCUT2D eigenvalue weighted by Crippen LogP contribution is -2.49. The van der Waals surface area contributed by atoms with Gasteiger partial charge in [0.05, 0.1) is 25.5 Å². The van der Waals surface area contributed by atoms with E-state index in [0.717, 1.165) is 56.4 Å². The van der Waals surface area contributed by atoms with Crippen molar-refractivity contribution in [1.82, 2.24) is 4.90 Å². The molecule has 1 unspecified atom stereocenters. The molecule has 3 rings (SSSR count). The average molecular weight is 506 g/mol. The number of halogens is 2. The molecule has 0 spiro atoms. The van der Waals surface area contributed by atoms with E-state index in [0.29, 0.717) is 12.0 Å². The number of carbonyl (C=O) groups excluding carboxylic acids is 1. The van der Waals surface area contributed by atoms with Crippen LogP contribution in [-0.2, 0) is 9.53 Å². The van der Waals surface area contributed by atoms with E-state index in [1.165, 1.54) is 22.7 Å². The van der Waals surface area contributed by atoms with Crippen LogP contribution in [0.4, 0.5) is 4.39 Å². The van der Waals surface area contributed by atoms with Crippen LogP contribution in [0.25, 0.3) is 5.57 Å². The van der Waals surface area contributed by atoms with Gasteiger partial charge in [-0.25, -0.2) is 4.79 Å². The highest BCUT2D eigenvalue weighted by molar-refractivity contribution is 9.11. The second-order valence-corrected chi connectivity index (χ2v) is 9.54. The van der Waals surface area contributed by atoms with Crippen LogP contribution in [0.15, 0.2) is 52.0 Å². The Morgan fingerprint density at radius 3 is 2.66 bits per heavy atom. The fraction of sp³-hybridized carbons (Fsp3) is 0.500. The maximum Gasteiger partial charge on any atom is 0.337 e. The number of nitrogens with zero attached hydrogens (tertiary/aromatic N) is 1. The number of hydrogen-bond donors (Lipinski definition) is 1. The van der Waals surface area contributed by atoms with Gasteiger partial charge in [-0.15, -0.1) is 0 Å². The molecule has 2 aliphatic rings. The summed E-state index contributed by atoms with van der Waals surface area (Å²) < 4.78 is 18.4. The Balaban J connectivity index is 1.70. The molecule has 1 aromatic rings. The second kappa shape index (κ2) is 11.9. The van der Waals surface area contributed by atoms with Crippen LogP contribution in [-0.4, -0.2) is 49.4 Å². The summed E-state index contributed by atoms with van der Waals surface area (Å²) in [6.45, 7) is 3.97. The zero-order valence-corrected chi connectivity index (χ0v) is 20.5. The molecule has 0 aromatic heterocycles. The maximum atomic E-state index is 12.3. The number of benzene rings is 1. The van der Waals surface area contributed by atoms with Crippen molar-refractivity contribution in [3.63, 3.8) is 0 Å². The zero-order valence-electron chi connectivity index (χ0n) is 18.9. The van der Waals surface area contributed by atoms with E-state index in [1.807, 2.05) is 25.1 Å². The Morgan fingerprint density at radius 1 is 1.31 bits per heavy atom. The summed E-state index contributed by atoms with van der Waals surface area (Å²) in [4.78, 5) is 14.2. The van der Waals surface area contributed by atoms with Gasteiger partial charge >= 0.3 is 5.97 Å². The van der Waals surface area contributed by atoms with Gasteiger partial charge in [-0.3, -0.25) is 4.39 Å². The van der Waals surface area contributed by atoms with Crippen molar-refractivity contribution in [2.45, 2.75) is 45.1 Å². The van der Waals surface area contributed by atoms with Gasteiger partial charge in [-0.05, 0) is 66.3 Å². The molecule has 174 valence electrons. The minimum atomic E-state index is -0.495. The van der Waals surface area contributed by atoms with Crippen LogP contribution in [0, 0.1) is 5.92 Å². The Morgan fingerprint density at radius 2 is 2.03 bits per heavy atom. The molecule has 1 aliphatic carbocycles. The first-order valence-corrected chi connectivity index (χ1v) is 12.1. The van der Waals surface area contributed by atoms with Gasteiger partial charge < -0.3 is 14.7 Å². The zero-order chi connectivity index (χ0) is 23.1. The van der Waals surface area contributed by atoms with Gasteiger partial charge in [-0.1, -0.05) is 51.8 Å². The van der Waals surface area contributed by atoms with Crippen LogP contribution in [0.1, 0.15) is 56.3 Å². The van der Waals surface area contributed by atoms with Crippen molar-refractivity contribution in [3.8, 4) is 0 Å². The van der Waals surface area contributed by atoms with Crippen LogP contribution in [0.3, 0.4) is 0 Å². The fourth-order valence-electron chi connectivity index (χ4n) is 4.44. The molecule has 0 saturated carbocycles. The van der Waals surface area contributed by atoms with Crippen LogP contribution < -0.4 is 0 Å². The summed E-state index contributed by atoms with van der Waals surface area (Å²) in [5.74, 6) is -0.108. The monoisotopic (exact) mass is 505 g/mol. The highest BCUT2D eigenvalue weighted by Gasteiger charge is 2.32. The third-order valence-corrected chi connectivity index (χ3v) is 7.23. The topological polar surface area (TPSA) is 49.8 Å². The number of rotatable bonds is 8. The van der Waals surface area contributed by atoms with E-state index in [4.69, 9.17) is 4.74 Å². The van der Waals surface area contributed by atoms with Gasteiger partial charge in [0.15, 0.2) is 0 Å². The first-order valence-electron chi connectivity index (χ1n) is 11.3. The Labute approximate surface area is 199 Å². The summed E-state index contributed by atoms with van der Waals surface area (Å²) in [7, 11) is 1.40. The van der Waals surface area contributed by atoms with E-state index >= 15 is 0 Å².